The second kappa shape index (κ2) is 5.81. The second-order valence-electron chi connectivity index (χ2n) is 6.28. The lowest BCUT2D eigenvalue weighted by Gasteiger charge is -2.12. The van der Waals surface area contributed by atoms with Gasteiger partial charge in [-0.25, -0.2) is 0 Å². The molecule has 4 heterocycles. The minimum absolute atomic E-state index is 0.00997. The molecule has 3 aromatic heterocycles. The van der Waals surface area contributed by atoms with Crippen LogP contribution in [0.4, 0.5) is 5.69 Å². The highest BCUT2D eigenvalue weighted by Crippen LogP contribution is 2.31. The van der Waals surface area contributed by atoms with Crippen LogP contribution in [-0.2, 0) is 13.1 Å². The lowest BCUT2D eigenvalue weighted by atomic mass is 10.1. The van der Waals surface area contributed by atoms with Gasteiger partial charge in [-0.1, -0.05) is 0 Å². The molecule has 0 spiro atoms. The summed E-state index contributed by atoms with van der Waals surface area (Å²) in [5.74, 6) is -0.00997. The van der Waals surface area contributed by atoms with E-state index in [9.17, 15) is 4.79 Å². The minimum Gasteiger partial charge on any atom is -0.299 e. The van der Waals surface area contributed by atoms with Crippen molar-refractivity contribution >= 4 is 11.6 Å². The van der Waals surface area contributed by atoms with Crippen LogP contribution in [0.15, 0.2) is 36.8 Å². The number of amides is 1. The number of carbonyl (C=O) groups excluding carboxylic acids is 1. The predicted octanol–water partition coefficient (Wildman–Crippen LogP) is 3.14. The van der Waals surface area contributed by atoms with Gasteiger partial charge in [-0.05, 0) is 44.5 Å². The first kappa shape index (κ1) is 15.5. The first-order chi connectivity index (χ1) is 12.1. The summed E-state index contributed by atoms with van der Waals surface area (Å²) in [7, 11) is 0. The molecule has 0 fully saturated rings. The van der Waals surface area contributed by atoms with Gasteiger partial charge in [-0.3, -0.25) is 24.3 Å². The summed E-state index contributed by atoms with van der Waals surface area (Å²) in [4.78, 5) is 23.7. The molecule has 0 atom stereocenters. The van der Waals surface area contributed by atoms with Crippen molar-refractivity contribution in [3.05, 3.63) is 59.3 Å². The van der Waals surface area contributed by atoms with Crippen LogP contribution in [0, 0.1) is 13.8 Å². The van der Waals surface area contributed by atoms with Gasteiger partial charge >= 0.3 is 0 Å². The van der Waals surface area contributed by atoms with E-state index in [1.165, 1.54) is 0 Å². The van der Waals surface area contributed by atoms with Crippen molar-refractivity contribution in [2.45, 2.75) is 33.9 Å². The SMILES string of the molecule is CCn1cc(N2Cc3nc(-c4ccc(C)nc4)cc(C)c3C2=O)cn1. The van der Waals surface area contributed by atoms with E-state index in [0.29, 0.717) is 12.1 Å². The zero-order valence-corrected chi connectivity index (χ0v) is 14.5. The van der Waals surface area contributed by atoms with Crippen molar-refractivity contribution in [1.82, 2.24) is 19.7 Å². The third kappa shape index (κ3) is 2.59. The van der Waals surface area contributed by atoms with E-state index in [1.54, 1.807) is 11.1 Å². The third-order valence-electron chi connectivity index (χ3n) is 4.52. The molecule has 0 radical (unpaired) electrons. The molecule has 0 N–H and O–H groups in total. The van der Waals surface area contributed by atoms with Gasteiger partial charge < -0.3 is 0 Å². The maximum Gasteiger partial charge on any atom is 0.260 e. The fraction of sp³-hybridized carbons (Fsp3) is 0.263. The molecule has 0 aromatic carbocycles. The number of fused-ring (bicyclic) bond motifs is 1. The lowest BCUT2D eigenvalue weighted by molar-refractivity contribution is 0.0996. The van der Waals surface area contributed by atoms with Gasteiger partial charge in [0.1, 0.15) is 0 Å². The summed E-state index contributed by atoms with van der Waals surface area (Å²) in [5, 5.41) is 4.27. The summed E-state index contributed by atoms with van der Waals surface area (Å²) in [6.45, 7) is 7.18. The molecule has 6 nitrogen and oxygen atoms in total. The van der Waals surface area contributed by atoms with Crippen LogP contribution < -0.4 is 4.90 Å². The number of anilines is 1. The molecule has 4 rings (SSSR count). The quantitative estimate of drug-likeness (QED) is 0.739. The smallest absolute Gasteiger partial charge is 0.260 e. The summed E-state index contributed by atoms with van der Waals surface area (Å²) >= 11 is 0. The predicted molar refractivity (Wildman–Crippen MR) is 95.4 cm³/mol. The van der Waals surface area contributed by atoms with Crippen molar-refractivity contribution in [3.63, 3.8) is 0 Å². The van der Waals surface area contributed by atoms with E-state index in [0.717, 1.165) is 40.4 Å². The molecular formula is C19H19N5O. The van der Waals surface area contributed by atoms with Crippen LogP contribution in [0.1, 0.15) is 34.2 Å². The average Bonchev–Trinajstić information content (AvgIpc) is 3.20. The number of aromatic nitrogens is 4. The first-order valence-corrected chi connectivity index (χ1v) is 8.34. The molecule has 0 aliphatic carbocycles. The van der Waals surface area contributed by atoms with Crippen LogP contribution in [0.2, 0.25) is 0 Å². The Hall–Kier alpha value is -3.02. The minimum atomic E-state index is -0.00997. The standard InChI is InChI=1S/C19H19N5O/c1-4-23-10-15(9-21-23)24-11-17-18(19(24)25)12(2)7-16(22-17)14-6-5-13(3)20-8-14/h5-10H,4,11H2,1-3H3. The molecule has 1 amide bonds. The molecule has 0 bridgehead atoms. The topological polar surface area (TPSA) is 63.9 Å². The van der Waals surface area contributed by atoms with Crippen LogP contribution in [0.25, 0.3) is 11.3 Å². The van der Waals surface area contributed by atoms with E-state index < -0.39 is 0 Å². The maximum absolute atomic E-state index is 12.8. The number of carbonyl (C=O) groups is 1. The first-order valence-electron chi connectivity index (χ1n) is 8.34. The summed E-state index contributed by atoms with van der Waals surface area (Å²) < 4.78 is 1.81. The summed E-state index contributed by atoms with van der Waals surface area (Å²) in [5.41, 5.74) is 6.04. The molecule has 25 heavy (non-hydrogen) atoms. The van der Waals surface area contributed by atoms with E-state index >= 15 is 0 Å². The van der Waals surface area contributed by atoms with Crippen LogP contribution in [-0.4, -0.2) is 25.7 Å². The number of rotatable bonds is 3. The molecule has 1 aliphatic rings. The second-order valence-corrected chi connectivity index (χ2v) is 6.28. The van der Waals surface area contributed by atoms with Crippen molar-refractivity contribution < 1.29 is 4.79 Å². The van der Waals surface area contributed by atoms with Crippen molar-refractivity contribution in [1.29, 1.82) is 0 Å². The largest absolute Gasteiger partial charge is 0.299 e. The Balaban J connectivity index is 1.73. The van der Waals surface area contributed by atoms with Gasteiger partial charge in [0.05, 0.1) is 35.4 Å². The average molecular weight is 333 g/mol. The van der Waals surface area contributed by atoms with Gasteiger partial charge in [0.25, 0.3) is 5.91 Å². The fourth-order valence-corrected chi connectivity index (χ4v) is 3.14. The van der Waals surface area contributed by atoms with Crippen LogP contribution >= 0.6 is 0 Å². The highest BCUT2D eigenvalue weighted by molar-refractivity contribution is 6.10. The molecule has 0 saturated heterocycles. The highest BCUT2D eigenvalue weighted by Gasteiger charge is 2.32. The third-order valence-corrected chi connectivity index (χ3v) is 4.52. The zero-order chi connectivity index (χ0) is 17.6. The normalized spacial score (nSPS) is 13.4. The number of aryl methyl sites for hydroxylation is 3. The van der Waals surface area contributed by atoms with Crippen molar-refractivity contribution in [2.24, 2.45) is 0 Å². The molecule has 0 saturated carbocycles. The highest BCUT2D eigenvalue weighted by atomic mass is 16.2. The van der Waals surface area contributed by atoms with Gasteiger partial charge in [0.2, 0.25) is 0 Å². The Morgan fingerprint density at radius 3 is 2.72 bits per heavy atom. The lowest BCUT2D eigenvalue weighted by Crippen LogP contribution is -2.22. The number of nitrogens with zero attached hydrogens (tertiary/aromatic N) is 5. The van der Waals surface area contributed by atoms with Crippen molar-refractivity contribution in [3.8, 4) is 11.3 Å². The summed E-state index contributed by atoms with van der Waals surface area (Å²) in [6, 6.07) is 5.94. The molecule has 126 valence electrons. The van der Waals surface area contributed by atoms with Crippen LogP contribution in [0.3, 0.4) is 0 Å². The van der Waals surface area contributed by atoms with Crippen molar-refractivity contribution in [2.75, 3.05) is 4.90 Å². The van der Waals surface area contributed by atoms with Gasteiger partial charge in [0.15, 0.2) is 0 Å². The molecule has 3 aromatic rings. The molecule has 6 heteroatoms. The molecule has 0 unspecified atom stereocenters. The Morgan fingerprint density at radius 1 is 1.20 bits per heavy atom. The van der Waals surface area contributed by atoms with Gasteiger partial charge in [-0.15, -0.1) is 0 Å². The Kier molecular flexibility index (Phi) is 3.60. The fourth-order valence-electron chi connectivity index (χ4n) is 3.14. The molecular weight excluding hydrogens is 314 g/mol. The van der Waals surface area contributed by atoms with E-state index in [4.69, 9.17) is 4.98 Å². The number of pyridine rings is 2. The number of hydrogen-bond acceptors (Lipinski definition) is 4. The zero-order valence-electron chi connectivity index (χ0n) is 14.5. The van der Waals surface area contributed by atoms with E-state index in [2.05, 4.69) is 10.1 Å². The molecule has 1 aliphatic heterocycles. The van der Waals surface area contributed by atoms with Gasteiger partial charge in [-0.2, -0.15) is 5.10 Å². The van der Waals surface area contributed by atoms with Gasteiger partial charge in [0, 0.05) is 30.2 Å². The Morgan fingerprint density at radius 2 is 2.04 bits per heavy atom. The Bertz CT molecular complexity index is 958. The number of hydrogen-bond donors (Lipinski definition) is 0. The summed E-state index contributed by atoms with van der Waals surface area (Å²) in [6.07, 6.45) is 5.45. The Labute approximate surface area is 146 Å². The maximum atomic E-state index is 12.8. The van der Waals surface area contributed by atoms with Crippen LogP contribution in [0.5, 0.6) is 0 Å². The monoisotopic (exact) mass is 333 g/mol. The van der Waals surface area contributed by atoms with E-state index in [-0.39, 0.29) is 5.91 Å². The van der Waals surface area contributed by atoms with E-state index in [1.807, 2.05) is 56.0 Å².